The summed E-state index contributed by atoms with van der Waals surface area (Å²) in [5, 5.41) is 0. The number of hydrogen-bond donors (Lipinski definition) is 1. The second kappa shape index (κ2) is 7.67. The topological polar surface area (TPSA) is 67.9 Å². The maximum atomic E-state index is 14.8. The van der Waals surface area contributed by atoms with Gasteiger partial charge in [0.15, 0.2) is 11.6 Å². The van der Waals surface area contributed by atoms with Gasteiger partial charge in [-0.15, -0.1) is 0 Å². The van der Waals surface area contributed by atoms with Crippen molar-refractivity contribution in [2.45, 2.75) is 64.1 Å². The molecule has 1 N–H and O–H groups in total. The van der Waals surface area contributed by atoms with Gasteiger partial charge in [0, 0.05) is 24.2 Å². The van der Waals surface area contributed by atoms with E-state index < -0.39 is 23.3 Å². The largest absolute Gasteiger partial charge is 0.493 e. The van der Waals surface area contributed by atoms with E-state index in [0.29, 0.717) is 12.1 Å². The Kier molecular flexibility index (Phi) is 5.67. The van der Waals surface area contributed by atoms with Crippen molar-refractivity contribution in [3.8, 4) is 5.75 Å². The lowest BCUT2D eigenvalue weighted by atomic mass is 10.0. The maximum absolute atomic E-state index is 14.8. The Morgan fingerprint density at radius 2 is 1.70 bits per heavy atom. The molecule has 148 valence electrons. The molecule has 0 radical (unpaired) electrons. The van der Waals surface area contributed by atoms with E-state index in [1.807, 2.05) is 0 Å². The number of carbonyl (C=O) groups excluding carboxylic acids is 2. The number of ether oxygens (including phenoxy) is 2. The summed E-state index contributed by atoms with van der Waals surface area (Å²) in [7, 11) is 1.27. The monoisotopic (exact) mass is 396 g/mol. The molecule has 6 nitrogen and oxygen atoms in total. The number of halogens is 1. The molecule has 0 unspecified atom stereocenters. The van der Waals surface area contributed by atoms with Gasteiger partial charge in [-0.25, -0.2) is 13.5 Å². The fraction of sp³-hybridized carbons (Fsp3) is 0.579. The van der Waals surface area contributed by atoms with Crippen LogP contribution in [0.25, 0.3) is 0 Å². The molecule has 0 spiro atoms. The zero-order chi connectivity index (χ0) is 19.8. The van der Waals surface area contributed by atoms with Crippen LogP contribution in [0.2, 0.25) is 0 Å². The number of amides is 1. The first kappa shape index (κ1) is 19.9. The standard InChI is InChI=1S/C19H25FN2O4S/c1-19(2,3)26-18(24)13-9-10-14(16(25-4)15(13)20)17(23)21-27-22-11-5-6-12(22)8-7-11/h9-12H,5-8H2,1-4H3,(H,21,23). The molecular formula is C19H25FN2O4S. The molecular weight excluding hydrogens is 371 g/mol. The van der Waals surface area contributed by atoms with Crippen LogP contribution in [-0.4, -0.2) is 41.0 Å². The number of nitrogens with one attached hydrogen (secondary N) is 1. The molecule has 0 atom stereocenters. The molecule has 1 aromatic carbocycles. The highest BCUT2D eigenvalue weighted by molar-refractivity contribution is 7.95. The fourth-order valence-corrected chi connectivity index (χ4v) is 4.61. The summed E-state index contributed by atoms with van der Waals surface area (Å²) in [6.07, 6.45) is 4.60. The number of nitrogens with zero attached hydrogens (tertiary/aromatic N) is 1. The molecule has 0 aromatic heterocycles. The number of fused-ring (bicyclic) bond motifs is 2. The van der Waals surface area contributed by atoms with Crippen molar-refractivity contribution in [1.29, 1.82) is 0 Å². The highest BCUT2D eigenvalue weighted by atomic mass is 32.2. The third-order valence-corrected chi connectivity index (χ3v) is 5.88. The van der Waals surface area contributed by atoms with Gasteiger partial charge in [0.05, 0.1) is 18.2 Å². The molecule has 0 aliphatic carbocycles. The van der Waals surface area contributed by atoms with Crippen LogP contribution in [0.5, 0.6) is 5.75 Å². The van der Waals surface area contributed by atoms with E-state index in [9.17, 15) is 14.0 Å². The molecule has 3 rings (SSSR count). The van der Waals surface area contributed by atoms with E-state index in [4.69, 9.17) is 9.47 Å². The second-order valence-corrected chi connectivity index (χ2v) is 8.66. The molecule has 2 saturated heterocycles. The molecule has 27 heavy (non-hydrogen) atoms. The number of carbonyl (C=O) groups is 2. The summed E-state index contributed by atoms with van der Waals surface area (Å²) in [6, 6.07) is 3.63. The summed E-state index contributed by atoms with van der Waals surface area (Å²) in [6.45, 7) is 5.10. The minimum atomic E-state index is -0.898. The van der Waals surface area contributed by atoms with Crippen LogP contribution >= 0.6 is 12.1 Å². The van der Waals surface area contributed by atoms with E-state index >= 15 is 0 Å². The Balaban J connectivity index is 1.74. The smallest absolute Gasteiger partial charge is 0.341 e. The van der Waals surface area contributed by atoms with Gasteiger partial charge in [-0.3, -0.25) is 9.52 Å². The molecule has 2 bridgehead atoms. The lowest BCUT2D eigenvalue weighted by molar-refractivity contribution is 0.00637. The zero-order valence-electron chi connectivity index (χ0n) is 16.0. The van der Waals surface area contributed by atoms with E-state index in [0.717, 1.165) is 25.7 Å². The maximum Gasteiger partial charge on any atom is 0.341 e. The Bertz CT molecular complexity index is 730. The summed E-state index contributed by atoms with van der Waals surface area (Å²) >= 11 is 1.27. The van der Waals surface area contributed by atoms with Crippen LogP contribution in [0.4, 0.5) is 4.39 Å². The van der Waals surface area contributed by atoms with Crippen molar-refractivity contribution < 1.29 is 23.5 Å². The average Bonchev–Trinajstić information content (AvgIpc) is 3.17. The van der Waals surface area contributed by atoms with Crippen LogP contribution in [0.1, 0.15) is 67.2 Å². The van der Waals surface area contributed by atoms with Gasteiger partial charge in [0.2, 0.25) is 0 Å². The summed E-state index contributed by atoms with van der Waals surface area (Å²) in [4.78, 5) is 24.7. The van der Waals surface area contributed by atoms with E-state index in [1.54, 1.807) is 20.8 Å². The Morgan fingerprint density at radius 1 is 1.15 bits per heavy atom. The third-order valence-electron chi connectivity index (χ3n) is 4.79. The number of hydrogen-bond acceptors (Lipinski definition) is 6. The quantitative estimate of drug-likeness (QED) is 0.605. The minimum Gasteiger partial charge on any atom is -0.493 e. The molecule has 2 aliphatic rings. The molecule has 2 heterocycles. The molecule has 1 aromatic rings. The predicted molar refractivity (Wildman–Crippen MR) is 101 cm³/mol. The molecule has 0 saturated carbocycles. The highest BCUT2D eigenvalue weighted by Gasteiger charge is 2.40. The van der Waals surface area contributed by atoms with Crippen LogP contribution in [-0.2, 0) is 4.74 Å². The molecule has 2 fully saturated rings. The SMILES string of the molecule is COc1c(C(=O)NSN2C3CCC2CC3)ccc(C(=O)OC(C)(C)C)c1F. The van der Waals surface area contributed by atoms with Crippen LogP contribution in [0, 0.1) is 5.82 Å². The summed E-state index contributed by atoms with van der Waals surface area (Å²) in [5.74, 6) is -2.42. The second-order valence-electron chi connectivity index (χ2n) is 7.85. The Labute approximate surface area is 163 Å². The van der Waals surface area contributed by atoms with Gasteiger partial charge >= 0.3 is 5.97 Å². The van der Waals surface area contributed by atoms with Crippen molar-refractivity contribution in [1.82, 2.24) is 9.03 Å². The van der Waals surface area contributed by atoms with E-state index in [1.165, 1.54) is 31.4 Å². The van der Waals surface area contributed by atoms with Gasteiger partial charge in [-0.2, -0.15) is 0 Å². The number of esters is 1. The molecule has 2 aliphatic heterocycles. The average molecular weight is 396 g/mol. The van der Waals surface area contributed by atoms with Gasteiger partial charge in [-0.1, -0.05) is 0 Å². The van der Waals surface area contributed by atoms with Gasteiger partial charge in [0.25, 0.3) is 5.91 Å². The Hall–Kier alpha value is -1.80. The molecule has 1 amide bonds. The van der Waals surface area contributed by atoms with Crippen molar-refractivity contribution >= 4 is 24.0 Å². The normalized spacial score (nSPS) is 22.0. The zero-order valence-corrected chi connectivity index (χ0v) is 16.8. The van der Waals surface area contributed by atoms with Crippen molar-refractivity contribution in [3.05, 3.63) is 29.1 Å². The third kappa shape index (κ3) is 4.21. The highest BCUT2D eigenvalue weighted by Crippen LogP contribution is 2.41. The van der Waals surface area contributed by atoms with Crippen LogP contribution < -0.4 is 9.46 Å². The van der Waals surface area contributed by atoms with Gasteiger partial charge in [0.1, 0.15) is 5.60 Å². The van der Waals surface area contributed by atoms with Crippen LogP contribution in [0.3, 0.4) is 0 Å². The lowest BCUT2D eigenvalue weighted by Crippen LogP contribution is -2.29. The minimum absolute atomic E-state index is 0.0429. The first-order valence-corrected chi connectivity index (χ1v) is 9.84. The first-order valence-electron chi connectivity index (χ1n) is 9.06. The van der Waals surface area contributed by atoms with Crippen LogP contribution in [0.15, 0.2) is 12.1 Å². The fourth-order valence-electron chi connectivity index (χ4n) is 3.59. The predicted octanol–water partition coefficient (Wildman–Crippen LogP) is 3.71. The number of benzene rings is 1. The first-order chi connectivity index (χ1) is 12.7. The van der Waals surface area contributed by atoms with Gasteiger partial charge < -0.3 is 9.47 Å². The summed E-state index contributed by atoms with van der Waals surface area (Å²) in [5.41, 5.74) is -0.969. The van der Waals surface area contributed by atoms with Crippen molar-refractivity contribution in [2.75, 3.05) is 7.11 Å². The van der Waals surface area contributed by atoms with Crippen molar-refractivity contribution in [3.63, 3.8) is 0 Å². The number of rotatable bonds is 5. The molecule has 8 heteroatoms. The van der Waals surface area contributed by atoms with Crippen molar-refractivity contribution in [2.24, 2.45) is 0 Å². The van der Waals surface area contributed by atoms with E-state index in [-0.39, 0.29) is 16.9 Å². The summed E-state index contributed by atoms with van der Waals surface area (Å²) < 4.78 is 30.0. The van der Waals surface area contributed by atoms with Gasteiger partial charge in [-0.05, 0) is 58.6 Å². The van der Waals surface area contributed by atoms with E-state index in [2.05, 4.69) is 9.03 Å². The lowest BCUT2D eigenvalue weighted by Gasteiger charge is -2.21. The Morgan fingerprint density at radius 3 is 2.22 bits per heavy atom. The number of methoxy groups -OCH3 is 1.